The van der Waals surface area contributed by atoms with Crippen molar-refractivity contribution in [3.05, 3.63) is 87.9 Å². The molecular weight excluding hydrogens is 475 g/mol. The highest BCUT2D eigenvalue weighted by molar-refractivity contribution is 6.38. The Bertz CT molecular complexity index is 1310. The van der Waals surface area contributed by atoms with Gasteiger partial charge in [0.05, 0.1) is 10.0 Å². The monoisotopic (exact) mass is 486 g/mol. The number of amides is 3. The van der Waals surface area contributed by atoms with Crippen molar-refractivity contribution >= 4 is 63.2 Å². The number of nitrogens with one attached hydrogen (secondary N) is 2. The average molecular weight is 488 g/mol. The van der Waals surface area contributed by atoms with Crippen LogP contribution in [-0.4, -0.2) is 21.9 Å². The van der Waals surface area contributed by atoms with Crippen molar-refractivity contribution in [1.82, 2.24) is 15.3 Å². The van der Waals surface area contributed by atoms with Crippen LogP contribution in [0.5, 0.6) is 11.5 Å². The Kier molecular flexibility index (Phi) is 6.41. The lowest BCUT2D eigenvalue weighted by Crippen LogP contribution is -2.35. The lowest BCUT2D eigenvalue weighted by atomic mass is 10.1. The van der Waals surface area contributed by atoms with Gasteiger partial charge < -0.3 is 10.1 Å². The van der Waals surface area contributed by atoms with Gasteiger partial charge in [0.25, 0.3) is 5.91 Å². The Labute approximate surface area is 197 Å². The highest BCUT2D eigenvalue weighted by atomic mass is 35.5. The Morgan fingerprint density at radius 2 is 1.47 bits per heavy atom. The van der Waals surface area contributed by atoms with Gasteiger partial charge in [-0.3, -0.25) is 10.1 Å². The highest BCUT2D eigenvalue weighted by Crippen LogP contribution is 2.41. The van der Waals surface area contributed by atoms with Crippen LogP contribution in [0, 0.1) is 0 Å². The molecule has 1 heterocycles. The van der Waals surface area contributed by atoms with Gasteiger partial charge in [-0.15, -0.1) is 0 Å². The van der Waals surface area contributed by atoms with Gasteiger partial charge in [0.15, 0.2) is 5.75 Å². The van der Waals surface area contributed by atoms with Crippen molar-refractivity contribution in [2.24, 2.45) is 0 Å². The third kappa shape index (κ3) is 4.75. The minimum atomic E-state index is -0.799. The molecule has 0 unspecified atom stereocenters. The molecule has 0 spiro atoms. The molecule has 4 aromatic rings. The second-order valence-electron chi connectivity index (χ2n) is 6.44. The number of anilines is 1. The summed E-state index contributed by atoms with van der Waals surface area (Å²) >= 11 is 19.0. The normalized spacial score (nSPS) is 10.6. The summed E-state index contributed by atoms with van der Waals surface area (Å²) in [6, 6.07) is 14.6. The van der Waals surface area contributed by atoms with Crippen LogP contribution in [0.3, 0.4) is 0 Å². The van der Waals surface area contributed by atoms with Gasteiger partial charge in [-0.25, -0.2) is 14.8 Å². The third-order valence-electron chi connectivity index (χ3n) is 4.29. The zero-order valence-corrected chi connectivity index (χ0v) is 18.4. The number of imide groups is 1. The fraction of sp³-hybridized carbons (Fsp3) is 0. The van der Waals surface area contributed by atoms with E-state index in [1.165, 1.54) is 24.5 Å². The van der Waals surface area contributed by atoms with Gasteiger partial charge in [-0.2, -0.15) is 0 Å². The quantitative estimate of drug-likeness (QED) is 0.350. The topological polar surface area (TPSA) is 93.2 Å². The molecule has 0 radical (unpaired) electrons. The maximum Gasteiger partial charge on any atom is 0.326 e. The number of benzene rings is 3. The molecule has 0 fully saturated rings. The maximum absolute atomic E-state index is 12.1. The summed E-state index contributed by atoms with van der Waals surface area (Å²) in [6.45, 7) is 0. The molecule has 1 aromatic heterocycles. The van der Waals surface area contributed by atoms with Gasteiger partial charge in [0, 0.05) is 33.9 Å². The van der Waals surface area contributed by atoms with Gasteiger partial charge in [0.1, 0.15) is 5.75 Å². The molecule has 3 aromatic carbocycles. The van der Waals surface area contributed by atoms with E-state index in [-0.39, 0.29) is 27.3 Å². The lowest BCUT2D eigenvalue weighted by Gasteiger charge is -2.14. The van der Waals surface area contributed by atoms with E-state index in [0.29, 0.717) is 10.8 Å². The van der Waals surface area contributed by atoms with E-state index >= 15 is 0 Å². The van der Waals surface area contributed by atoms with E-state index in [9.17, 15) is 9.59 Å². The van der Waals surface area contributed by atoms with E-state index in [4.69, 9.17) is 39.5 Å². The first-order chi connectivity index (χ1) is 15.4. The second kappa shape index (κ2) is 9.40. The molecule has 7 nitrogen and oxygen atoms in total. The van der Waals surface area contributed by atoms with E-state index < -0.39 is 11.9 Å². The number of nitrogens with zero attached hydrogens (tertiary/aromatic N) is 2. The number of aromatic nitrogens is 2. The van der Waals surface area contributed by atoms with Crippen LogP contribution in [0.15, 0.2) is 67.0 Å². The van der Waals surface area contributed by atoms with Gasteiger partial charge in [-0.1, -0.05) is 59.1 Å². The summed E-state index contributed by atoms with van der Waals surface area (Å²) in [4.78, 5) is 31.7. The number of rotatable bonds is 4. The predicted molar refractivity (Wildman–Crippen MR) is 124 cm³/mol. The lowest BCUT2D eigenvalue weighted by molar-refractivity contribution is 0.0957. The van der Waals surface area contributed by atoms with E-state index in [0.717, 1.165) is 10.8 Å². The molecule has 160 valence electrons. The SMILES string of the molecule is O=C(NC(=O)c1ncccn1)Nc1cc(Cl)c(Oc2ccc(Cl)c3ccccc23)c(Cl)c1. The molecule has 10 heteroatoms. The van der Waals surface area contributed by atoms with Crippen molar-refractivity contribution < 1.29 is 14.3 Å². The summed E-state index contributed by atoms with van der Waals surface area (Å²) in [5.41, 5.74) is 0.257. The van der Waals surface area contributed by atoms with Crippen LogP contribution < -0.4 is 15.4 Å². The number of ether oxygens (including phenoxy) is 1. The van der Waals surface area contributed by atoms with Crippen molar-refractivity contribution in [1.29, 1.82) is 0 Å². The average Bonchev–Trinajstić information content (AvgIpc) is 2.78. The van der Waals surface area contributed by atoms with Gasteiger partial charge in [-0.05, 0) is 30.3 Å². The molecule has 0 aliphatic heterocycles. The van der Waals surface area contributed by atoms with Crippen LogP contribution in [0.25, 0.3) is 10.8 Å². The second-order valence-corrected chi connectivity index (χ2v) is 7.66. The Morgan fingerprint density at radius 1 is 0.812 bits per heavy atom. The maximum atomic E-state index is 12.1. The van der Waals surface area contributed by atoms with Crippen LogP contribution in [-0.2, 0) is 0 Å². The summed E-state index contributed by atoms with van der Waals surface area (Å²) in [5.74, 6) is -0.172. The number of hydrogen-bond acceptors (Lipinski definition) is 5. The molecule has 3 amide bonds. The highest BCUT2D eigenvalue weighted by Gasteiger charge is 2.16. The number of hydrogen-bond donors (Lipinski definition) is 2. The van der Waals surface area contributed by atoms with Crippen LogP contribution in [0.1, 0.15) is 10.6 Å². The number of carbonyl (C=O) groups excluding carboxylic acids is 2. The molecule has 32 heavy (non-hydrogen) atoms. The van der Waals surface area contributed by atoms with Crippen LogP contribution in [0.2, 0.25) is 15.1 Å². The molecule has 0 saturated carbocycles. The number of urea groups is 1. The van der Waals surface area contributed by atoms with Crippen molar-refractivity contribution in [3.63, 3.8) is 0 Å². The van der Waals surface area contributed by atoms with Crippen molar-refractivity contribution in [2.75, 3.05) is 5.32 Å². The van der Waals surface area contributed by atoms with Crippen LogP contribution >= 0.6 is 34.8 Å². The molecule has 0 bridgehead atoms. The standard InChI is InChI=1S/C22H13Cl3N4O3/c23-15-6-7-18(14-5-2-1-4-13(14)15)32-19-16(24)10-12(11-17(19)25)28-22(31)29-21(30)20-26-8-3-9-27-20/h1-11H,(H2,28,29,30,31). The predicted octanol–water partition coefficient (Wildman–Crippen LogP) is 6.34. The van der Waals surface area contributed by atoms with E-state index in [1.54, 1.807) is 18.2 Å². The fourth-order valence-electron chi connectivity index (χ4n) is 2.90. The first-order valence-electron chi connectivity index (χ1n) is 9.16. The molecule has 0 aliphatic carbocycles. The van der Waals surface area contributed by atoms with Crippen molar-refractivity contribution in [2.45, 2.75) is 0 Å². The van der Waals surface area contributed by atoms with E-state index in [1.807, 2.05) is 24.3 Å². The van der Waals surface area contributed by atoms with Gasteiger partial charge >= 0.3 is 6.03 Å². The number of carbonyl (C=O) groups is 2. The minimum absolute atomic E-state index is 0.141. The van der Waals surface area contributed by atoms with E-state index in [2.05, 4.69) is 20.6 Å². The molecular formula is C22H13Cl3N4O3. The molecule has 2 N–H and O–H groups in total. The molecule has 4 rings (SSSR count). The summed E-state index contributed by atoms with van der Waals surface area (Å²) < 4.78 is 5.97. The summed E-state index contributed by atoms with van der Waals surface area (Å²) in [5, 5.41) is 7.11. The third-order valence-corrected chi connectivity index (χ3v) is 5.19. The zero-order valence-electron chi connectivity index (χ0n) is 16.1. The number of fused-ring (bicyclic) bond motifs is 1. The minimum Gasteiger partial charge on any atom is -0.454 e. The first kappa shape index (κ1) is 21.8. The van der Waals surface area contributed by atoms with Gasteiger partial charge in [0.2, 0.25) is 5.82 Å². The Hall–Kier alpha value is -3.39. The molecule has 0 aliphatic rings. The summed E-state index contributed by atoms with van der Waals surface area (Å²) in [7, 11) is 0. The fourth-order valence-corrected chi connectivity index (χ4v) is 3.69. The van der Waals surface area contributed by atoms with Crippen LogP contribution in [0.4, 0.5) is 10.5 Å². The Morgan fingerprint density at radius 3 is 2.16 bits per heavy atom. The van der Waals surface area contributed by atoms with Crippen molar-refractivity contribution in [3.8, 4) is 11.5 Å². The first-order valence-corrected chi connectivity index (χ1v) is 10.3. The Balaban J connectivity index is 1.52. The summed E-state index contributed by atoms with van der Waals surface area (Å²) in [6.07, 6.45) is 2.78. The molecule has 0 saturated heterocycles. The smallest absolute Gasteiger partial charge is 0.326 e. The molecule has 0 atom stereocenters. The number of halogens is 3. The zero-order chi connectivity index (χ0) is 22.7. The largest absolute Gasteiger partial charge is 0.454 e.